The molecule has 9 heteroatoms. The van der Waals surface area contributed by atoms with Gasteiger partial charge in [-0.15, -0.1) is 5.10 Å². The van der Waals surface area contributed by atoms with E-state index in [2.05, 4.69) is 20.5 Å². The van der Waals surface area contributed by atoms with E-state index in [4.69, 9.17) is 4.74 Å². The van der Waals surface area contributed by atoms with Gasteiger partial charge in [0.1, 0.15) is 17.8 Å². The molecule has 27 heavy (non-hydrogen) atoms. The van der Waals surface area contributed by atoms with Gasteiger partial charge < -0.3 is 14.7 Å². The standard InChI is InChI=1S/C18H26N6O3/c1-12-17(13(2)20-19-12)14-4-3-7-24(14)16(25)11-23-10-15(21-22-23)18(26)5-8-27-9-6-18/h10,14,26H,3-9,11H2,1-2H3,(H,19,20). The number of aryl methyl sites for hydroxylation is 2. The Hall–Kier alpha value is -2.26. The number of likely N-dealkylation sites (tertiary alicyclic amines) is 1. The Morgan fingerprint density at radius 2 is 2.19 bits per heavy atom. The van der Waals surface area contributed by atoms with Crippen LogP contribution in [-0.2, 0) is 21.7 Å². The quantitative estimate of drug-likeness (QED) is 0.826. The molecule has 0 saturated carbocycles. The Morgan fingerprint density at radius 1 is 1.41 bits per heavy atom. The smallest absolute Gasteiger partial charge is 0.244 e. The lowest BCUT2D eigenvalue weighted by Gasteiger charge is -2.29. The fraction of sp³-hybridized carbons (Fsp3) is 0.667. The van der Waals surface area contributed by atoms with Crippen LogP contribution >= 0.6 is 0 Å². The monoisotopic (exact) mass is 374 g/mol. The van der Waals surface area contributed by atoms with Crippen molar-refractivity contribution in [3.63, 3.8) is 0 Å². The van der Waals surface area contributed by atoms with Crippen LogP contribution in [0.25, 0.3) is 0 Å². The van der Waals surface area contributed by atoms with Gasteiger partial charge in [0.2, 0.25) is 5.91 Å². The van der Waals surface area contributed by atoms with Gasteiger partial charge >= 0.3 is 0 Å². The van der Waals surface area contributed by atoms with Crippen molar-refractivity contribution < 1.29 is 14.6 Å². The first-order chi connectivity index (χ1) is 13.0. The van der Waals surface area contributed by atoms with Crippen LogP contribution in [0, 0.1) is 13.8 Å². The Kier molecular flexibility index (Phi) is 4.73. The lowest BCUT2D eigenvalue weighted by atomic mass is 9.91. The largest absolute Gasteiger partial charge is 0.383 e. The highest BCUT2D eigenvalue weighted by atomic mass is 16.5. The third-order valence-electron chi connectivity index (χ3n) is 5.72. The Bertz CT molecular complexity index is 803. The van der Waals surface area contributed by atoms with E-state index in [0.717, 1.165) is 36.3 Å². The molecular formula is C18H26N6O3. The lowest BCUT2D eigenvalue weighted by molar-refractivity contribution is -0.133. The first kappa shape index (κ1) is 18.1. The first-order valence-corrected chi connectivity index (χ1v) is 9.49. The molecule has 1 atom stereocenters. The summed E-state index contributed by atoms with van der Waals surface area (Å²) in [5, 5.41) is 26.2. The van der Waals surface area contributed by atoms with Gasteiger partial charge in [0.15, 0.2) is 0 Å². The first-order valence-electron chi connectivity index (χ1n) is 9.49. The average molecular weight is 374 g/mol. The molecule has 0 bridgehead atoms. The number of hydrogen-bond acceptors (Lipinski definition) is 6. The van der Waals surface area contributed by atoms with Gasteiger partial charge in [-0.05, 0) is 26.7 Å². The maximum absolute atomic E-state index is 12.9. The summed E-state index contributed by atoms with van der Waals surface area (Å²) in [4.78, 5) is 14.8. The number of aromatic nitrogens is 5. The normalized spacial score (nSPS) is 22.3. The zero-order chi connectivity index (χ0) is 19.0. The predicted octanol–water partition coefficient (Wildman–Crippen LogP) is 0.980. The van der Waals surface area contributed by atoms with E-state index >= 15 is 0 Å². The van der Waals surface area contributed by atoms with E-state index in [1.807, 2.05) is 18.7 Å². The summed E-state index contributed by atoms with van der Waals surface area (Å²) in [6, 6.07) is 0.0546. The van der Waals surface area contributed by atoms with Crippen LogP contribution in [0.2, 0.25) is 0 Å². The van der Waals surface area contributed by atoms with Gasteiger partial charge in [0.25, 0.3) is 0 Å². The number of aliphatic hydroxyl groups is 1. The second-order valence-corrected chi connectivity index (χ2v) is 7.54. The second kappa shape index (κ2) is 7.05. The molecule has 2 saturated heterocycles. The minimum Gasteiger partial charge on any atom is -0.383 e. The van der Waals surface area contributed by atoms with Crippen molar-refractivity contribution in [1.82, 2.24) is 30.1 Å². The molecule has 2 aromatic rings. The van der Waals surface area contributed by atoms with Crippen LogP contribution in [0.1, 0.15) is 54.4 Å². The SMILES string of the molecule is Cc1n[nH]c(C)c1C1CCCN1C(=O)Cn1cc(C2(O)CCOCC2)nn1. The van der Waals surface area contributed by atoms with Gasteiger partial charge in [-0.1, -0.05) is 5.21 Å². The molecule has 146 valence electrons. The zero-order valence-electron chi connectivity index (χ0n) is 15.8. The highest BCUT2D eigenvalue weighted by Gasteiger charge is 2.36. The van der Waals surface area contributed by atoms with Crippen LogP contribution in [0.15, 0.2) is 6.20 Å². The number of nitrogens with one attached hydrogen (secondary N) is 1. The van der Waals surface area contributed by atoms with E-state index in [9.17, 15) is 9.90 Å². The van der Waals surface area contributed by atoms with Crippen LogP contribution in [0.5, 0.6) is 0 Å². The molecule has 2 fully saturated rings. The van der Waals surface area contributed by atoms with Gasteiger partial charge in [-0.3, -0.25) is 9.89 Å². The summed E-state index contributed by atoms with van der Waals surface area (Å²) >= 11 is 0. The maximum atomic E-state index is 12.9. The van der Waals surface area contributed by atoms with Crippen molar-refractivity contribution in [2.75, 3.05) is 19.8 Å². The molecule has 0 aliphatic carbocycles. The van der Waals surface area contributed by atoms with Crippen molar-refractivity contribution in [1.29, 1.82) is 0 Å². The lowest BCUT2D eigenvalue weighted by Crippen LogP contribution is -2.34. The van der Waals surface area contributed by atoms with Gasteiger partial charge in [0.05, 0.1) is 17.9 Å². The molecule has 0 spiro atoms. The molecule has 4 heterocycles. The Balaban J connectivity index is 1.48. The summed E-state index contributed by atoms with van der Waals surface area (Å²) in [5.74, 6) is 0.00733. The van der Waals surface area contributed by atoms with Gasteiger partial charge in [0, 0.05) is 43.9 Å². The summed E-state index contributed by atoms with van der Waals surface area (Å²) < 4.78 is 6.83. The van der Waals surface area contributed by atoms with Crippen molar-refractivity contribution >= 4 is 5.91 Å². The van der Waals surface area contributed by atoms with Crippen LogP contribution in [-0.4, -0.2) is 60.9 Å². The van der Waals surface area contributed by atoms with Crippen LogP contribution < -0.4 is 0 Å². The molecule has 4 rings (SSSR count). The molecule has 2 aliphatic heterocycles. The van der Waals surface area contributed by atoms with E-state index in [1.165, 1.54) is 4.68 Å². The van der Waals surface area contributed by atoms with Gasteiger partial charge in [-0.25, -0.2) is 4.68 Å². The number of amides is 1. The molecule has 1 amide bonds. The number of nitrogens with zero attached hydrogens (tertiary/aromatic N) is 5. The molecule has 2 aliphatic rings. The summed E-state index contributed by atoms with van der Waals surface area (Å²) in [6.07, 6.45) is 4.58. The zero-order valence-corrected chi connectivity index (χ0v) is 15.8. The number of H-pyrrole nitrogens is 1. The van der Waals surface area contributed by atoms with E-state index < -0.39 is 5.60 Å². The summed E-state index contributed by atoms with van der Waals surface area (Å²) in [7, 11) is 0. The number of hydrogen-bond donors (Lipinski definition) is 2. The molecule has 0 aromatic carbocycles. The average Bonchev–Trinajstić information content (AvgIpc) is 3.36. The molecule has 1 unspecified atom stereocenters. The topological polar surface area (TPSA) is 109 Å². The van der Waals surface area contributed by atoms with Crippen molar-refractivity contribution in [3.8, 4) is 0 Å². The number of carbonyl (C=O) groups is 1. The highest BCUT2D eigenvalue weighted by molar-refractivity contribution is 5.77. The molecular weight excluding hydrogens is 348 g/mol. The third-order valence-corrected chi connectivity index (χ3v) is 5.72. The van der Waals surface area contributed by atoms with Crippen molar-refractivity contribution in [2.24, 2.45) is 0 Å². The minimum atomic E-state index is -1.01. The van der Waals surface area contributed by atoms with E-state index in [0.29, 0.717) is 31.7 Å². The van der Waals surface area contributed by atoms with Gasteiger partial charge in [-0.2, -0.15) is 5.10 Å². The maximum Gasteiger partial charge on any atom is 0.244 e. The second-order valence-electron chi connectivity index (χ2n) is 7.54. The number of carbonyl (C=O) groups excluding carboxylic acids is 1. The number of ether oxygens (including phenoxy) is 1. The third kappa shape index (κ3) is 3.37. The Labute approximate surface area is 157 Å². The predicted molar refractivity (Wildman–Crippen MR) is 95.7 cm³/mol. The highest BCUT2D eigenvalue weighted by Crippen LogP contribution is 2.35. The molecule has 2 aromatic heterocycles. The van der Waals surface area contributed by atoms with E-state index in [-0.39, 0.29) is 18.5 Å². The summed E-state index contributed by atoms with van der Waals surface area (Å²) in [5.41, 5.74) is 2.58. The number of aromatic amines is 1. The van der Waals surface area contributed by atoms with Crippen LogP contribution in [0.4, 0.5) is 0 Å². The fourth-order valence-corrected chi connectivity index (χ4v) is 4.20. The van der Waals surface area contributed by atoms with Crippen molar-refractivity contribution in [2.45, 2.75) is 57.7 Å². The minimum absolute atomic E-state index is 0.00733. The molecule has 2 N–H and O–H groups in total. The fourth-order valence-electron chi connectivity index (χ4n) is 4.20. The number of rotatable bonds is 4. The van der Waals surface area contributed by atoms with E-state index in [1.54, 1.807) is 6.20 Å². The van der Waals surface area contributed by atoms with Crippen molar-refractivity contribution in [3.05, 3.63) is 28.8 Å². The molecule has 9 nitrogen and oxygen atoms in total. The molecule has 0 radical (unpaired) electrons. The summed E-state index contributed by atoms with van der Waals surface area (Å²) in [6.45, 7) is 5.82. The Morgan fingerprint density at radius 3 is 2.89 bits per heavy atom. The van der Waals surface area contributed by atoms with Crippen LogP contribution in [0.3, 0.4) is 0 Å².